The van der Waals surface area contributed by atoms with Crippen LogP contribution in [0.5, 0.6) is 0 Å². The van der Waals surface area contributed by atoms with Gasteiger partial charge in [-0.25, -0.2) is 0 Å². The van der Waals surface area contributed by atoms with E-state index >= 15 is 0 Å². The summed E-state index contributed by atoms with van der Waals surface area (Å²) in [5, 5.41) is 4.73. The second-order valence-electron chi connectivity index (χ2n) is 7.38. The minimum Gasteiger partial charge on any atom is -0.324 e. The van der Waals surface area contributed by atoms with Gasteiger partial charge in [0.05, 0.1) is 0 Å². The number of imide groups is 1. The van der Waals surface area contributed by atoms with E-state index in [1.54, 1.807) is 48.5 Å². The summed E-state index contributed by atoms with van der Waals surface area (Å²) in [5.74, 6) is -1.64. The first-order chi connectivity index (χ1) is 13.9. The predicted octanol–water partition coefficient (Wildman–Crippen LogP) is 4.75. The Morgan fingerprint density at radius 1 is 0.931 bits per heavy atom. The first kappa shape index (κ1) is 19.2. The van der Waals surface area contributed by atoms with E-state index in [1.165, 1.54) is 0 Å². The number of hydrogen-bond donors (Lipinski definition) is 1. The maximum Gasteiger partial charge on any atom is 0.262 e. The summed E-state index contributed by atoms with van der Waals surface area (Å²) in [4.78, 5) is 40.7. The predicted molar refractivity (Wildman–Crippen MR) is 113 cm³/mol. The maximum atomic E-state index is 13.3. The number of carbonyl (C=O) groups excluding carboxylic acids is 3. The van der Waals surface area contributed by atoms with E-state index in [1.807, 2.05) is 26.0 Å². The molecule has 5 nitrogen and oxygen atoms in total. The molecule has 3 aromatic carbocycles. The van der Waals surface area contributed by atoms with Crippen molar-refractivity contribution in [2.45, 2.75) is 19.9 Å². The summed E-state index contributed by atoms with van der Waals surface area (Å²) in [6.45, 7) is 3.62. The van der Waals surface area contributed by atoms with Crippen molar-refractivity contribution in [2.24, 2.45) is 5.92 Å². The van der Waals surface area contributed by atoms with Crippen LogP contribution in [0.25, 0.3) is 10.8 Å². The molecule has 0 spiro atoms. The average Bonchev–Trinajstić information content (AvgIpc) is 2.68. The Labute approximate surface area is 173 Å². The summed E-state index contributed by atoms with van der Waals surface area (Å²) < 4.78 is 0. The fourth-order valence-corrected chi connectivity index (χ4v) is 3.99. The van der Waals surface area contributed by atoms with Gasteiger partial charge in [-0.3, -0.25) is 19.3 Å². The van der Waals surface area contributed by atoms with Gasteiger partial charge >= 0.3 is 0 Å². The number of nitrogens with zero attached hydrogens (tertiary/aromatic N) is 1. The second kappa shape index (κ2) is 7.33. The van der Waals surface area contributed by atoms with Crippen LogP contribution in [-0.2, 0) is 4.79 Å². The number of rotatable bonds is 4. The zero-order valence-corrected chi connectivity index (χ0v) is 16.7. The molecule has 0 saturated heterocycles. The minimum atomic E-state index is -0.961. The number of carbonyl (C=O) groups is 3. The highest BCUT2D eigenvalue weighted by molar-refractivity contribution is 6.31. The number of benzene rings is 3. The molecule has 29 heavy (non-hydrogen) atoms. The quantitative estimate of drug-likeness (QED) is 0.635. The molecule has 3 amide bonds. The van der Waals surface area contributed by atoms with E-state index in [2.05, 4.69) is 5.32 Å². The lowest BCUT2D eigenvalue weighted by molar-refractivity contribution is -0.121. The maximum absolute atomic E-state index is 13.3. The van der Waals surface area contributed by atoms with Crippen molar-refractivity contribution in [2.75, 3.05) is 5.32 Å². The first-order valence-electron chi connectivity index (χ1n) is 9.34. The average molecular weight is 407 g/mol. The SMILES string of the molecule is CC(C)[C@@H](C(=O)Nc1cccc(Cl)c1)N1C(=O)c2cccc3cccc(c23)C1=O. The Balaban J connectivity index is 1.76. The highest BCUT2D eigenvalue weighted by atomic mass is 35.5. The zero-order chi connectivity index (χ0) is 20.7. The Kier molecular flexibility index (Phi) is 4.84. The number of amides is 3. The van der Waals surface area contributed by atoms with Gasteiger partial charge < -0.3 is 5.32 Å². The van der Waals surface area contributed by atoms with Crippen molar-refractivity contribution in [1.29, 1.82) is 0 Å². The van der Waals surface area contributed by atoms with E-state index in [0.717, 1.165) is 10.3 Å². The Morgan fingerprint density at radius 3 is 2.07 bits per heavy atom. The van der Waals surface area contributed by atoms with E-state index < -0.39 is 23.8 Å². The van der Waals surface area contributed by atoms with Crippen LogP contribution in [0.1, 0.15) is 34.6 Å². The summed E-state index contributed by atoms with van der Waals surface area (Å²) in [6.07, 6.45) is 0. The van der Waals surface area contributed by atoms with Crippen LogP contribution in [0.2, 0.25) is 5.02 Å². The molecule has 1 aliphatic heterocycles. The van der Waals surface area contributed by atoms with Gasteiger partial charge in [0.15, 0.2) is 0 Å². The monoisotopic (exact) mass is 406 g/mol. The largest absolute Gasteiger partial charge is 0.324 e. The molecule has 1 aliphatic rings. The van der Waals surface area contributed by atoms with E-state index in [4.69, 9.17) is 11.6 Å². The summed E-state index contributed by atoms with van der Waals surface area (Å²) in [7, 11) is 0. The molecule has 0 bridgehead atoms. The van der Waals surface area contributed by atoms with Gasteiger partial charge in [0, 0.05) is 27.2 Å². The number of hydrogen-bond acceptors (Lipinski definition) is 3. The van der Waals surface area contributed by atoms with Crippen LogP contribution in [0.15, 0.2) is 60.7 Å². The van der Waals surface area contributed by atoms with Crippen LogP contribution in [0.3, 0.4) is 0 Å². The molecule has 6 heteroatoms. The number of anilines is 1. The fourth-order valence-electron chi connectivity index (χ4n) is 3.80. The van der Waals surface area contributed by atoms with Crippen LogP contribution >= 0.6 is 11.6 Å². The van der Waals surface area contributed by atoms with Crippen LogP contribution in [0, 0.1) is 5.92 Å². The third-order valence-electron chi connectivity index (χ3n) is 5.07. The van der Waals surface area contributed by atoms with Gasteiger partial charge in [-0.1, -0.05) is 55.8 Å². The first-order valence-corrected chi connectivity index (χ1v) is 9.72. The van der Waals surface area contributed by atoms with E-state index in [9.17, 15) is 14.4 Å². The Morgan fingerprint density at radius 2 is 1.52 bits per heavy atom. The van der Waals surface area contributed by atoms with Gasteiger partial charge in [-0.2, -0.15) is 0 Å². The lowest BCUT2D eigenvalue weighted by Gasteiger charge is -2.35. The molecule has 0 unspecified atom stereocenters. The van der Waals surface area contributed by atoms with Crippen molar-refractivity contribution >= 4 is 45.8 Å². The molecule has 146 valence electrons. The lowest BCUT2D eigenvalue weighted by Crippen LogP contribution is -2.54. The van der Waals surface area contributed by atoms with Gasteiger partial charge in [0.25, 0.3) is 11.8 Å². The van der Waals surface area contributed by atoms with Crippen LogP contribution in [0.4, 0.5) is 5.69 Å². The van der Waals surface area contributed by atoms with Crippen molar-refractivity contribution < 1.29 is 14.4 Å². The van der Waals surface area contributed by atoms with Crippen molar-refractivity contribution in [3.63, 3.8) is 0 Å². The molecule has 1 N–H and O–H groups in total. The van der Waals surface area contributed by atoms with Gasteiger partial charge in [-0.05, 0) is 41.6 Å². The lowest BCUT2D eigenvalue weighted by atomic mass is 9.91. The number of nitrogens with one attached hydrogen (secondary N) is 1. The molecule has 0 fully saturated rings. The standard InChI is InChI=1S/C23H19ClN2O3/c1-13(2)20(21(27)25-16-9-5-8-15(24)12-16)26-22(28)17-10-3-6-14-7-4-11-18(19(14)17)23(26)29/h3-13,20H,1-2H3,(H,25,27)/t20-/m0/s1. The molecule has 0 aliphatic carbocycles. The Hall–Kier alpha value is -3.18. The van der Waals surface area contributed by atoms with E-state index in [0.29, 0.717) is 27.2 Å². The van der Waals surface area contributed by atoms with Gasteiger partial charge in [0.2, 0.25) is 5.91 Å². The Bertz CT molecular complexity index is 1110. The van der Waals surface area contributed by atoms with Crippen LogP contribution in [-0.4, -0.2) is 28.7 Å². The molecule has 0 saturated carbocycles. The smallest absolute Gasteiger partial charge is 0.262 e. The summed E-state index contributed by atoms with van der Waals surface area (Å²) in [5.41, 5.74) is 1.37. The third-order valence-corrected chi connectivity index (χ3v) is 5.31. The molecule has 0 radical (unpaired) electrons. The minimum absolute atomic E-state index is 0.286. The molecular formula is C23H19ClN2O3. The molecule has 4 rings (SSSR count). The van der Waals surface area contributed by atoms with Gasteiger partial charge in [0.1, 0.15) is 6.04 Å². The highest BCUT2D eigenvalue weighted by Gasteiger charge is 2.41. The van der Waals surface area contributed by atoms with Gasteiger partial charge in [-0.15, -0.1) is 0 Å². The number of halogens is 1. The highest BCUT2D eigenvalue weighted by Crippen LogP contribution is 2.32. The summed E-state index contributed by atoms with van der Waals surface area (Å²) >= 11 is 6.00. The van der Waals surface area contributed by atoms with Crippen molar-refractivity contribution in [3.8, 4) is 0 Å². The second-order valence-corrected chi connectivity index (χ2v) is 7.81. The van der Waals surface area contributed by atoms with Crippen molar-refractivity contribution in [1.82, 2.24) is 4.90 Å². The van der Waals surface area contributed by atoms with Crippen LogP contribution < -0.4 is 5.32 Å². The summed E-state index contributed by atoms with van der Waals surface area (Å²) in [6, 6.07) is 16.5. The van der Waals surface area contributed by atoms with E-state index in [-0.39, 0.29) is 5.92 Å². The molecular weight excluding hydrogens is 388 g/mol. The molecule has 1 heterocycles. The fraction of sp³-hybridized carbons (Fsp3) is 0.174. The normalized spacial score (nSPS) is 14.4. The zero-order valence-electron chi connectivity index (χ0n) is 16.0. The molecule has 1 atom stereocenters. The molecule has 0 aromatic heterocycles. The topological polar surface area (TPSA) is 66.5 Å². The third kappa shape index (κ3) is 3.28. The molecule has 3 aromatic rings. The van der Waals surface area contributed by atoms with Crippen molar-refractivity contribution in [3.05, 3.63) is 76.8 Å².